The van der Waals surface area contributed by atoms with E-state index in [1.807, 2.05) is 0 Å². The highest BCUT2D eigenvalue weighted by molar-refractivity contribution is 5.71. The van der Waals surface area contributed by atoms with Gasteiger partial charge in [0, 0.05) is 19.3 Å². The minimum absolute atomic E-state index is 0.0687. The molecule has 55 heavy (non-hydrogen) atoms. The number of hydrogen-bond donors (Lipinski definition) is 0. The monoisotopic (exact) mass is 777 g/mol. The standard InChI is InChI=1S/C49H92O6/c1-4-7-10-13-16-19-21-23-24-26-27-30-33-36-39-42-48(51)54-45-46(44-53-47(50)41-38-35-32-29-18-15-12-9-6-3)55-49(52)43-40-37-34-31-28-25-22-20-17-14-11-8-5-2/h20,22,46H,4-19,21,23-45H2,1-3H3/b22-20-/t46-/m1/s1. The van der Waals surface area contributed by atoms with Crippen molar-refractivity contribution in [3.63, 3.8) is 0 Å². The van der Waals surface area contributed by atoms with Crippen LogP contribution in [0.25, 0.3) is 0 Å². The maximum atomic E-state index is 12.7. The summed E-state index contributed by atoms with van der Waals surface area (Å²) in [6, 6.07) is 0. The topological polar surface area (TPSA) is 78.9 Å². The molecule has 1 atom stereocenters. The largest absolute Gasteiger partial charge is 0.462 e. The molecule has 0 radical (unpaired) electrons. The lowest BCUT2D eigenvalue weighted by molar-refractivity contribution is -0.167. The fourth-order valence-electron chi connectivity index (χ4n) is 7.08. The molecule has 0 rings (SSSR count). The SMILES string of the molecule is CCCCCC/C=C\CCCCCCCC(=O)O[C@H](COC(=O)CCCCCCCCCCC)COC(=O)CCCCCCCCCCCCCCCCC. The Morgan fingerprint density at radius 1 is 0.345 bits per heavy atom. The van der Waals surface area contributed by atoms with Crippen molar-refractivity contribution in [2.45, 2.75) is 271 Å². The summed E-state index contributed by atoms with van der Waals surface area (Å²) in [7, 11) is 0. The number of allylic oxidation sites excluding steroid dienone is 2. The summed E-state index contributed by atoms with van der Waals surface area (Å²) in [5, 5.41) is 0. The van der Waals surface area contributed by atoms with Gasteiger partial charge in [0.1, 0.15) is 13.2 Å². The molecule has 0 saturated carbocycles. The lowest BCUT2D eigenvalue weighted by atomic mass is 10.0. The van der Waals surface area contributed by atoms with E-state index < -0.39 is 6.10 Å². The van der Waals surface area contributed by atoms with Crippen molar-refractivity contribution in [2.75, 3.05) is 13.2 Å². The van der Waals surface area contributed by atoms with Crippen molar-refractivity contribution in [1.82, 2.24) is 0 Å². The first kappa shape index (κ1) is 53.1. The summed E-state index contributed by atoms with van der Waals surface area (Å²) in [5.74, 6) is -0.869. The second-order valence-corrected chi connectivity index (χ2v) is 16.4. The van der Waals surface area contributed by atoms with Gasteiger partial charge in [-0.05, 0) is 44.9 Å². The molecule has 6 heteroatoms. The molecule has 0 saturated heterocycles. The lowest BCUT2D eigenvalue weighted by Gasteiger charge is -2.18. The highest BCUT2D eigenvalue weighted by Crippen LogP contribution is 2.15. The summed E-state index contributed by atoms with van der Waals surface area (Å²) in [5.41, 5.74) is 0. The summed E-state index contributed by atoms with van der Waals surface area (Å²) in [6.45, 7) is 6.62. The van der Waals surface area contributed by atoms with Crippen molar-refractivity contribution in [3.8, 4) is 0 Å². The molecule has 0 aliphatic rings. The molecule has 0 aliphatic heterocycles. The third-order valence-corrected chi connectivity index (χ3v) is 10.8. The van der Waals surface area contributed by atoms with E-state index in [1.165, 1.54) is 161 Å². The Labute approximate surface area is 341 Å². The molecule has 0 bridgehead atoms. The summed E-state index contributed by atoms with van der Waals surface area (Å²) < 4.78 is 16.7. The molecule has 6 nitrogen and oxygen atoms in total. The highest BCUT2D eigenvalue weighted by atomic mass is 16.6. The van der Waals surface area contributed by atoms with Crippen molar-refractivity contribution in [1.29, 1.82) is 0 Å². The van der Waals surface area contributed by atoms with Crippen molar-refractivity contribution in [2.24, 2.45) is 0 Å². The molecule has 0 aromatic carbocycles. The van der Waals surface area contributed by atoms with Gasteiger partial charge in [0.15, 0.2) is 6.10 Å². The van der Waals surface area contributed by atoms with E-state index >= 15 is 0 Å². The number of carbonyl (C=O) groups excluding carboxylic acids is 3. The molecular weight excluding hydrogens is 685 g/mol. The van der Waals surface area contributed by atoms with Gasteiger partial charge in [-0.1, -0.05) is 213 Å². The highest BCUT2D eigenvalue weighted by Gasteiger charge is 2.19. The molecule has 0 aromatic heterocycles. The minimum atomic E-state index is -0.765. The van der Waals surface area contributed by atoms with E-state index in [1.54, 1.807) is 0 Å². The fraction of sp³-hybridized carbons (Fsp3) is 0.898. The average molecular weight is 777 g/mol. The molecule has 324 valence electrons. The van der Waals surface area contributed by atoms with Crippen LogP contribution in [-0.4, -0.2) is 37.2 Å². The van der Waals surface area contributed by atoms with Crippen molar-refractivity contribution >= 4 is 17.9 Å². The number of carbonyl (C=O) groups is 3. The first-order valence-electron chi connectivity index (χ1n) is 24.2. The van der Waals surface area contributed by atoms with Crippen LogP contribution < -0.4 is 0 Å². The molecule has 0 fully saturated rings. The Morgan fingerprint density at radius 2 is 0.600 bits per heavy atom. The lowest BCUT2D eigenvalue weighted by Crippen LogP contribution is -2.30. The summed E-state index contributed by atoms with van der Waals surface area (Å²) in [6.07, 6.45) is 47.6. The second-order valence-electron chi connectivity index (χ2n) is 16.4. The van der Waals surface area contributed by atoms with E-state index in [0.29, 0.717) is 19.3 Å². The Balaban J connectivity index is 4.30. The van der Waals surface area contributed by atoms with Gasteiger partial charge in [0.25, 0.3) is 0 Å². The van der Waals surface area contributed by atoms with Gasteiger partial charge in [-0.3, -0.25) is 14.4 Å². The minimum Gasteiger partial charge on any atom is -0.462 e. The van der Waals surface area contributed by atoms with Crippen LogP contribution in [-0.2, 0) is 28.6 Å². The fourth-order valence-corrected chi connectivity index (χ4v) is 7.08. The van der Waals surface area contributed by atoms with Gasteiger partial charge in [0.2, 0.25) is 0 Å². The smallest absolute Gasteiger partial charge is 0.306 e. The van der Waals surface area contributed by atoms with Crippen molar-refractivity contribution < 1.29 is 28.6 Å². The quantitative estimate of drug-likeness (QED) is 0.0265. The van der Waals surface area contributed by atoms with Gasteiger partial charge in [-0.2, -0.15) is 0 Å². The van der Waals surface area contributed by atoms with E-state index in [4.69, 9.17) is 14.2 Å². The Kier molecular flexibility index (Phi) is 43.4. The van der Waals surface area contributed by atoms with Crippen LogP contribution in [0.1, 0.15) is 265 Å². The Bertz CT molecular complexity index is 854. The first-order chi connectivity index (χ1) is 27.0. The normalized spacial score (nSPS) is 12.0. The maximum absolute atomic E-state index is 12.7. The number of hydrogen-bond acceptors (Lipinski definition) is 6. The molecule has 0 spiro atoms. The van der Waals surface area contributed by atoms with Crippen molar-refractivity contribution in [3.05, 3.63) is 12.2 Å². The predicted molar refractivity (Wildman–Crippen MR) is 233 cm³/mol. The Hall–Kier alpha value is -1.85. The molecule has 0 aromatic rings. The number of ether oxygens (including phenoxy) is 3. The zero-order valence-electron chi connectivity index (χ0n) is 37.0. The van der Waals surface area contributed by atoms with Crippen LogP contribution in [0, 0.1) is 0 Å². The van der Waals surface area contributed by atoms with Crippen LogP contribution in [0.4, 0.5) is 0 Å². The number of esters is 3. The van der Waals surface area contributed by atoms with Gasteiger partial charge >= 0.3 is 17.9 Å². The molecule has 0 aliphatic carbocycles. The van der Waals surface area contributed by atoms with Gasteiger partial charge in [-0.15, -0.1) is 0 Å². The number of unbranched alkanes of at least 4 members (excludes halogenated alkanes) is 31. The maximum Gasteiger partial charge on any atom is 0.306 e. The molecular formula is C49H92O6. The van der Waals surface area contributed by atoms with Gasteiger partial charge < -0.3 is 14.2 Å². The molecule has 0 amide bonds. The Morgan fingerprint density at radius 3 is 0.927 bits per heavy atom. The van der Waals surface area contributed by atoms with Gasteiger partial charge in [0.05, 0.1) is 0 Å². The zero-order valence-corrected chi connectivity index (χ0v) is 37.0. The first-order valence-corrected chi connectivity index (χ1v) is 24.2. The summed E-state index contributed by atoms with van der Waals surface area (Å²) >= 11 is 0. The third-order valence-electron chi connectivity index (χ3n) is 10.8. The van der Waals surface area contributed by atoms with Crippen LogP contribution >= 0.6 is 0 Å². The second kappa shape index (κ2) is 44.9. The molecule has 0 unspecified atom stereocenters. The van der Waals surface area contributed by atoms with E-state index in [-0.39, 0.29) is 31.1 Å². The zero-order chi connectivity index (χ0) is 40.1. The van der Waals surface area contributed by atoms with Crippen LogP contribution in [0.5, 0.6) is 0 Å². The average Bonchev–Trinajstić information content (AvgIpc) is 3.18. The van der Waals surface area contributed by atoms with E-state index in [0.717, 1.165) is 64.2 Å². The number of rotatable bonds is 44. The van der Waals surface area contributed by atoms with E-state index in [2.05, 4.69) is 32.9 Å². The van der Waals surface area contributed by atoms with Crippen LogP contribution in [0.2, 0.25) is 0 Å². The van der Waals surface area contributed by atoms with Crippen LogP contribution in [0.3, 0.4) is 0 Å². The molecule has 0 heterocycles. The summed E-state index contributed by atoms with van der Waals surface area (Å²) in [4.78, 5) is 37.7. The van der Waals surface area contributed by atoms with E-state index in [9.17, 15) is 14.4 Å². The van der Waals surface area contributed by atoms with Crippen LogP contribution in [0.15, 0.2) is 12.2 Å². The predicted octanol–water partition coefficient (Wildman–Crippen LogP) is 15.4. The third kappa shape index (κ3) is 43.1. The molecule has 0 N–H and O–H groups in total. The van der Waals surface area contributed by atoms with Gasteiger partial charge in [-0.25, -0.2) is 0 Å².